The molecule has 4 nitrogen and oxygen atoms in total. The molecule has 4 heteroatoms. The Morgan fingerprint density at radius 1 is 0.750 bits per heavy atom. The normalized spacial score (nSPS) is 16.7. The maximum absolute atomic E-state index is 11.6. The Morgan fingerprint density at radius 2 is 1.36 bits per heavy atom. The van der Waals surface area contributed by atoms with Crippen molar-refractivity contribution in [1.29, 1.82) is 0 Å². The van der Waals surface area contributed by atoms with Crippen molar-refractivity contribution < 1.29 is 19.1 Å². The summed E-state index contributed by atoms with van der Waals surface area (Å²) in [5, 5.41) is 0. The Labute approximate surface area is 170 Å². The van der Waals surface area contributed by atoms with E-state index in [1.54, 1.807) is 12.2 Å². The lowest BCUT2D eigenvalue weighted by Gasteiger charge is -2.03. The van der Waals surface area contributed by atoms with E-state index >= 15 is 0 Å². The lowest BCUT2D eigenvalue weighted by Crippen LogP contribution is -2.05. The molecule has 0 amide bonds. The van der Waals surface area contributed by atoms with E-state index < -0.39 is 0 Å². The van der Waals surface area contributed by atoms with Crippen molar-refractivity contribution in [2.45, 2.75) is 89.9 Å². The molecule has 0 unspecified atom stereocenters. The number of hydrogen-bond acceptors (Lipinski definition) is 4. The van der Waals surface area contributed by atoms with Gasteiger partial charge in [-0.05, 0) is 31.1 Å². The van der Waals surface area contributed by atoms with E-state index in [2.05, 4.69) is 0 Å². The number of carbonyl (C=O) groups is 2. The van der Waals surface area contributed by atoms with Crippen LogP contribution in [0.25, 0.3) is 0 Å². The van der Waals surface area contributed by atoms with Crippen LogP contribution >= 0.6 is 0 Å². The van der Waals surface area contributed by atoms with Crippen molar-refractivity contribution in [3.05, 3.63) is 24.3 Å². The van der Waals surface area contributed by atoms with Gasteiger partial charge in [0.1, 0.15) is 0 Å². The number of unbranched alkanes of at least 4 members (excludes halogenated alkanes) is 4. The molecule has 2 fully saturated rings. The van der Waals surface area contributed by atoms with Gasteiger partial charge in [-0.15, -0.1) is 0 Å². The van der Waals surface area contributed by atoms with Crippen molar-refractivity contribution in [3.8, 4) is 0 Å². The van der Waals surface area contributed by atoms with E-state index in [4.69, 9.17) is 9.47 Å². The summed E-state index contributed by atoms with van der Waals surface area (Å²) >= 11 is 0. The van der Waals surface area contributed by atoms with Gasteiger partial charge in [0, 0.05) is 12.5 Å². The first-order valence-electron chi connectivity index (χ1n) is 11.4. The van der Waals surface area contributed by atoms with Crippen LogP contribution in [0.3, 0.4) is 0 Å². The Kier molecular flexibility index (Phi) is 11.7. The molecule has 2 saturated carbocycles. The average molecular weight is 391 g/mol. The van der Waals surface area contributed by atoms with Crippen LogP contribution in [-0.4, -0.2) is 25.2 Å². The molecule has 2 aliphatic rings. The first kappa shape index (κ1) is 22.7. The fraction of sp³-hybridized carbons (Fsp3) is 0.750. The Morgan fingerprint density at radius 3 is 1.96 bits per heavy atom. The van der Waals surface area contributed by atoms with E-state index in [-0.39, 0.29) is 11.9 Å². The topological polar surface area (TPSA) is 52.6 Å². The molecular formula is C24H38O4. The minimum absolute atomic E-state index is 0.142. The number of allylic oxidation sites excluding steroid dienone is 3. The van der Waals surface area contributed by atoms with E-state index in [1.165, 1.54) is 57.4 Å². The van der Waals surface area contributed by atoms with Crippen LogP contribution in [0.4, 0.5) is 0 Å². The van der Waals surface area contributed by atoms with Gasteiger partial charge in [0.25, 0.3) is 0 Å². The second kappa shape index (κ2) is 14.4. The van der Waals surface area contributed by atoms with Gasteiger partial charge in [0.2, 0.25) is 0 Å². The summed E-state index contributed by atoms with van der Waals surface area (Å²) in [6.07, 6.45) is 22.8. The van der Waals surface area contributed by atoms with Gasteiger partial charge in [0.15, 0.2) is 0 Å². The lowest BCUT2D eigenvalue weighted by molar-refractivity contribution is -0.143. The molecule has 0 N–H and O–H groups in total. The Balaban J connectivity index is 1.33. The zero-order valence-electron chi connectivity index (χ0n) is 17.4. The zero-order valence-corrected chi connectivity index (χ0v) is 17.4. The summed E-state index contributed by atoms with van der Waals surface area (Å²) in [7, 11) is 0. The second-order valence-corrected chi connectivity index (χ2v) is 8.30. The molecule has 0 aliphatic heterocycles. The molecule has 0 aromatic rings. The van der Waals surface area contributed by atoms with Crippen LogP contribution < -0.4 is 0 Å². The molecule has 0 radical (unpaired) electrons. The van der Waals surface area contributed by atoms with Crippen LogP contribution in [0, 0.1) is 11.8 Å². The SMILES string of the molecule is O=C(C=CC=CCCC(=O)OCCCCCC1CC1)OCCCCCC1CC1. The van der Waals surface area contributed by atoms with E-state index in [0.29, 0.717) is 26.1 Å². The summed E-state index contributed by atoms with van der Waals surface area (Å²) < 4.78 is 10.4. The van der Waals surface area contributed by atoms with Crippen LogP contribution in [0.2, 0.25) is 0 Å². The lowest BCUT2D eigenvalue weighted by atomic mass is 10.1. The van der Waals surface area contributed by atoms with E-state index in [9.17, 15) is 9.59 Å². The Bertz CT molecular complexity index is 501. The molecule has 0 spiro atoms. The van der Waals surface area contributed by atoms with Crippen molar-refractivity contribution in [2.24, 2.45) is 11.8 Å². The highest BCUT2D eigenvalue weighted by molar-refractivity contribution is 5.82. The van der Waals surface area contributed by atoms with Gasteiger partial charge in [-0.2, -0.15) is 0 Å². The van der Waals surface area contributed by atoms with Gasteiger partial charge in [0.05, 0.1) is 13.2 Å². The number of ether oxygens (including phenoxy) is 2. The summed E-state index contributed by atoms with van der Waals surface area (Å²) in [6.45, 7) is 1.05. The van der Waals surface area contributed by atoms with Crippen molar-refractivity contribution in [1.82, 2.24) is 0 Å². The number of hydrogen-bond donors (Lipinski definition) is 0. The first-order valence-corrected chi connectivity index (χ1v) is 11.4. The van der Waals surface area contributed by atoms with Gasteiger partial charge in [-0.3, -0.25) is 4.79 Å². The van der Waals surface area contributed by atoms with Crippen LogP contribution in [-0.2, 0) is 19.1 Å². The smallest absolute Gasteiger partial charge is 0.330 e. The van der Waals surface area contributed by atoms with Crippen molar-refractivity contribution in [2.75, 3.05) is 13.2 Å². The third-order valence-corrected chi connectivity index (χ3v) is 5.41. The van der Waals surface area contributed by atoms with Crippen LogP contribution in [0.15, 0.2) is 24.3 Å². The third kappa shape index (κ3) is 13.6. The molecular weight excluding hydrogens is 352 g/mol. The van der Waals surface area contributed by atoms with E-state index in [1.807, 2.05) is 6.08 Å². The van der Waals surface area contributed by atoms with Crippen LogP contribution in [0.1, 0.15) is 89.9 Å². The van der Waals surface area contributed by atoms with Gasteiger partial charge >= 0.3 is 11.9 Å². The van der Waals surface area contributed by atoms with Crippen molar-refractivity contribution in [3.63, 3.8) is 0 Å². The minimum atomic E-state index is -0.298. The molecule has 0 aromatic heterocycles. The highest BCUT2D eigenvalue weighted by Gasteiger charge is 2.20. The quantitative estimate of drug-likeness (QED) is 0.134. The van der Waals surface area contributed by atoms with Gasteiger partial charge in [-0.1, -0.05) is 82.4 Å². The van der Waals surface area contributed by atoms with E-state index in [0.717, 1.165) is 37.5 Å². The zero-order chi connectivity index (χ0) is 19.9. The summed E-state index contributed by atoms with van der Waals surface area (Å²) in [5.41, 5.74) is 0. The highest BCUT2D eigenvalue weighted by Crippen LogP contribution is 2.34. The number of esters is 2. The monoisotopic (exact) mass is 390 g/mol. The minimum Gasteiger partial charge on any atom is -0.466 e. The highest BCUT2D eigenvalue weighted by atomic mass is 16.5. The first-order chi connectivity index (χ1) is 13.7. The molecule has 0 aromatic carbocycles. The molecule has 2 rings (SSSR count). The molecule has 0 heterocycles. The Hall–Kier alpha value is -1.58. The largest absolute Gasteiger partial charge is 0.466 e. The summed E-state index contributed by atoms with van der Waals surface area (Å²) in [6, 6.07) is 0. The standard InChI is InChI=1S/C24H38O4/c25-23(27-19-9-3-5-11-21-15-16-21)13-7-1-2-8-14-24(26)28-20-10-4-6-12-22-17-18-22/h1-2,7,13,21-22H,3-6,8-12,14-20H2. The molecule has 28 heavy (non-hydrogen) atoms. The number of carbonyl (C=O) groups excluding carboxylic acids is 2. The maximum Gasteiger partial charge on any atom is 0.330 e. The fourth-order valence-electron chi connectivity index (χ4n) is 3.23. The fourth-order valence-corrected chi connectivity index (χ4v) is 3.23. The summed E-state index contributed by atoms with van der Waals surface area (Å²) in [4.78, 5) is 23.2. The van der Waals surface area contributed by atoms with Gasteiger partial charge < -0.3 is 9.47 Å². The van der Waals surface area contributed by atoms with Crippen molar-refractivity contribution >= 4 is 11.9 Å². The predicted octanol–water partition coefficient (Wildman–Crippen LogP) is 5.91. The molecule has 2 aliphatic carbocycles. The predicted molar refractivity (Wildman–Crippen MR) is 112 cm³/mol. The third-order valence-electron chi connectivity index (χ3n) is 5.41. The molecule has 0 saturated heterocycles. The molecule has 0 atom stereocenters. The number of rotatable bonds is 17. The van der Waals surface area contributed by atoms with Crippen LogP contribution in [0.5, 0.6) is 0 Å². The molecule has 158 valence electrons. The average Bonchev–Trinajstić information content (AvgIpc) is 3.59. The summed E-state index contributed by atoms with van der Waals surface area (Å²) in [5.74, 6) is 1.54. The molecule has 0 bridgehead atoms. The van der Waals surface area contributed by atoms with Gasteiger partial charge in [-0.25, -0.2) is 4.79 Å². The maximum atomic E-state index is 11.6. The second-order valence-electron chi connectivity index (χ2n) is 8.30.